The van der Waals surface area contributed by atoms with E-state index in [2.05, 4.69) is 5.32 Å². The number of halogens is 4. The van der Waals surface area contributed by atoms with Crippen LogP contribution in [0.3, 0.4) is 0 Å². The zero-order valence-corrected chi connectivity index (χ0v) is 9.94. The summed E-state index contributed by atoms with van der Waals surface area (Å²) >= 11 is 5.82. The second-order valence-electron chi connectivity index (χ2n) is 3.84. The summed E-state index contributed by atoms with van der Waals surface area (Å²) in [6.07, 6.45) is -5.12. The van der Waals surface area contributed by atoms with E-state index in [1.807, 2.05) is 0 Å². The van der Waals surface area contributed by atoms with Gasteiger partial charge in [-0.3, -0.25) is 0 Å². The number of hydrogen-bond acceptors (Lipinski definition) is 2. The molecule has 0 amide bonds. The molecular formula is C11H13ClF3NO. The molecule has 96 valence electrons. The molecule has 0 aliphatic carbocycles. The van der Waals surface area contributed by atoms with Gasteiger partial charge in [0.05, 0.1) is 6.42 Å². The lowest BCUT2D eigenvalue weighted by Gasteiger charge is -2.16. The molecule has 0 bridgehead atoms. The molecule has 6 heteroatoms. The van der Waals surface area contributed by atoms with Crippen molar-refractivity contribution in [3.63, 3.8) is 0 Å². The van der Waals surface area contributed by atoms with Gasteiger partial charge in [0.25, 0.3) is 0 Å². The van der Waals surface area contributed by atoms with Crippen molar-refractivity contribution in [2.24, 2.45) is 0 Å². The third-order valence-electron chi connectivity index (χ3n) is 2.26. The fourth-order valence-electron chi connectivity index (χ4n) is 1.42. The molecule has 0 saturated carbocycles. The fourth-order valence-corrected chi connectivity index (χ4v) is 1.65. The third-order valence-corrected chi connectivity index (χ3v) is 2.61. The first-order valence-corrected chi connectivity index (χ1v) is 5.44. The van der Waals surface area contributed by atoms with Gasteiger partial charge < -0.3 is 10.4 Å². The van der Waals surface area contributed by atoms with Gasteiger partial charge in [-0.2, -0.15) is 13.2 Å². The Morgan fingerprint density at radius 2 is 2.06 bits per heavy atom. The molecule has 1 aromatic carbocycles. The van der Waals surface area contributed by atoms with E-state index in [9.17, 15) is 18.3 Å². The molecule has 1 aromatic rings. The van der Waals surface area contributed by atoms with E-state index in [4.69, 9.17) is 11.6 Å². The van der Waals surface area contributed by atoms with Gasteiger partial charge in [-0.15, -0.1) is 0 Å². The Morgan fingerprint density at radius 1 is 1.41 bits per heavy atom. The summed E-state index contributed by atoms with van der Waals surface area (Å²) < 4.78 is 36.2. The van der Waals surface area contributed by atoms with E-state index in [-0.39, 0.29) is 12.3 Å². The predicted octanol–water partition coefficient (Wildman–Crippen LogP) is 3.48. The second-order valence-corrected chi connectivity index (χ2v) is 4.25. The summed E-state index contributed by atoms with van der Waals surface area (Å²) in [5, 5.41) is 12.5. The molecule has 0 spiro atoms. The van der Waals surface area contributed by atoms with Crippen LogP contribution in [0.1, 0.15) is 18.9 Å². The normalized spacial score (nSPS) is 13.7. The largest absolute Gasteiger partial charge is 0.508 e. The molecule has 0 aliphatic heterocycles. The van der Waals surface area contributed by atoms with E-state index < -0.39 is 18.6 Å². The average Bonchev–Trinajstić information content (AvgIpc) is 2.14. The molecule has 0 heterocycles. The number of alkyl halides is 3. The average molecular weight is 268 g/mol. The van der Waals surface area contributed by atoms with Crippen LogP contribution in [0.4, 0.5) is 13.2 Å². The Balaban J connectivity index is 2.56. The van der Waals surface area contributed by atoms with Gasteiger partial charge >= 0.3 is 6.18 Å². The van der Waals surface area contributed by atoms with Crippen LogP contribution in [0.5, 0.6) is 5.75 Å². The summed E-state index contributed by atoms with van der Waals surface area (Å²) in [5.74, 6) is -0.0239. The summed E-state index contributed by atoms with van der Waals surface area (Å²) in [7, 11) is 0. The smallest absolute Gasteiger partial charge is 0.390 e. The van der Waals surface area contributed by atoms with Gasteiger partial charge in [-0.1, -0.05) is 17.7 Å². The van der Waals surface area contributed by atoms with Crippen molar-refractivity contribution in [1.82, 2.24) is 5.32 Å². The Hall–Kier alpha value is -0.940. The second kappa shape index (κ2) is 5.60. The number of aromatic hydroxyl groups is 1. The SMILES string of the molecule is CC(CC(F)(F)F)NCc1c(O)cccc1Cl. The van der Waals surface area contributed by atoms with E-state index in [0.717, 1.165) is 0 Å². The number of benzene rings is 1. The first-order valence-electron chi connectivity index (χ1n) is 5.06. The van der Waals surface area contributed by atoms with Crippen LogP contribution in [-0.4, -0.2) is 17.3 Å². The van der Waals surface area contributed by atoms with Gasteiger partial charge in [0.15, 0.2) is 0 Å². The lowest BCUT2D eigenvalue weighted by molar-refractivity contribution is -0.139. The molecule has 2 N–H and O–H groups in total. The van der Waals surface area contributed by atoms with E-state index in [0.29, 0.717) is 10.6 Å². The maximum absolute atomic E-state index is 12.1. The van der Waals surface area contributed by atoms with Crippen molar-refractivity contribution in [3.05, 3.63) is 28.8 Å². The molecule has 1 unspecified atom stereocenters. The number of phenolic OH excluding ortho intramolecular Hbond substituents is 1. The predicted molar refractivity (Wildman–Crippen MR) is 60.1 cm³/mol. The molecule has 2 nitrogen and oxygen atoms in total. The number of nitrogens with one attached hydrogen (secondary N) is 1. The third kappa shape index (κ3) is 4.83. The highest BCUT2D eigenvalue weighted by molar-refractivity contribution is 6.31. The summed E-state index contributed by atoms with van der Waals surface area (Å²) in [6.45, 7) is 1.53. The lowest BCUT2D eigenvalue weighted by atomic mass is 10.1. The van der Waals surface area contributed by atoms with Crippen molar-refractivity contribution >= 4 is 11.6 Å². The molecule has 1 rings (SSSR count). The van der Waals surface area contributed by atoms with Crippen molar-refractivity contribution < 1.29 is 18.3 Å². The highest BCUT2D eigenvalue weighted by Crippen LogP contribution is 2.26. The van der Waals surface area contributed by atoms with Crippen LogP contribution in [0.2, 0.25) is 5.02 Å². The topological polar surface area (TPSA) is 32.3 Å². The first-order chi connectivity index (χ1) is 7.79. The maximum atomic E-state index is 12.1. The van der Waals surface area contributed by atoms with Gasteiger partial charge in [0.1, 0.15) is 5.75 Å². The summed E-state index contributed by atoms with van der Waals surface area (Å²) in [5.41, 5.74) is 0.406. The standard InChI is InChI=1S/C11H13ClF3NO/c1-7(5-11(13,14)15)16-6-8-9(12)3-2-4-10(8)17/h2-4,7,16-17H,5-6H2,1H3. The van der Waals surface area contributed by atoms with Crippen LogP contribution in [0.15, 0.2) is 18.2 Å². The van der Waals surface area contributed by atoms with Crippen LogP contribution in [0.25, 0.3) is 0 Å². The van der Waals surface area contributed by atoms with Gasteiger partial charge in [-0.05, 0) is 19.1 Å². The van der Waals surface area contributed by atoms with Crippen LogP contribution < -0.4 is 5.32 Å². The van der Waals surface area contributed by atoms with E-state index in [1.165, 1.54) is 13.0 Å². The minimum atomic E-state index is -4.20. The zero-order valence-electron chi connectivity index (χ0n) is 9.18. The number of rotatable bonds is 4. The molecule has 0 fully saturated rings. The van der Waals surface area contributed by atoms with Gasteiger partial charge in [-0.25, -0.2) is 0 Å². The Labute approximate surface area is 102 Å². The van der Waals surface area contributed by atoms with Crippen molar-refractivity contribution in [3.8, 4) is 5.75 Å². The molecule has 1 atom stereocenters. The van der Waals surface area contributed by atoms with Crippen LogP contribution in [-0.2, 0) is 6.54 Å². The van der Waals surface area contributed by atoms with Crippen LogP contribution >= 0.6 is 11.6 Å². The first kappa shape index (κ1) is 14.1. The molecule has 0 radical (unpaired) electrons. The van der Waals surface area contributed by atoms with Crippen molar-refractivity contribution in [1.29, 1.82) is 0 Å². The Kier molecular flexibility index (Phi) is 4.65. The van der Waals surface area contributed by atoms with Crippen molar-refractivity contribution in [2.75, 3.05) is 0 Å². The van der Waals surface area contributed by atoms with Crippen molar-refractivity contribution in [2.45, 2.75) is 32.1 Å². The fraction of sp³-hybridized carbons (Fsp3) is 0.455. The molecule has 0 aromatic heterocycles. The highest BCUT2D eigenvalue weighted by Gasteiger charge is 2.29. The quantitative estimate of drug-likeness (QED) is 0.875. The van der Waals surface area contributed by atoms with Gasteiger partial charge in [0.2, 0.25) is 0 Å². The maximum Gasteiger partial charge on any atom is 0.390 e. The molecular weight excluding hydrogens is 255 g/mol. The highest BCUT2D eigenvalue weighted by atomic mass is 35.5. The minimum absolute atomic E-state index is 0.0239. The number of hydrogen-bond donors (Lipinski definition) is 2. The summed E-state index contributed by atoms with van der Waals surface area (Å²) in [4.78, 5) is 0. The zero-order chi connectivity index (χ0) is 13.1. The molecule has 0 aliphatic rings. The van der Waals surface area contributed by atoms with E-state index in [1.54, 1.807) is 12.1 Å². The van der Waals surface area contributed by atoms with Crippen LogP contribution in [0, 0.1) is 0 Å². The monoisotopic (exact) mass is 267 g/mol. The Morgan fingerprint density at radius 3 is 2.59 bits per heavy atom. The number of phenols is 1. The molecule has 0 saturated heterocycles. The van der Waals surface area contributed by atoms with E-state index >= 15 is 0 Å². The minimum Gasteiger partial charge on any atom is -0.508 e. The summed E-state index contributed by atoms with van der Waals surface area (Å²) in [6, 6.07) is 3.86. The Bertz CT molecular complexity index is 361. The lowest BCUT2D eigenvalue weighted by Crippen LogP contribution is -2.30. The van der Waals surface area contributed by atoms with Gasteiger partial charge in [0, 0.05) is 23.2 Å². The molecule has 17 heavy (non-hydrogen) atoms.